The first-order valence-corrected chi connectivity index (χ1v) is 5.41. The van der Waals surface area contributed by atoms with Crippen LogP contribution in [0.3, 0.4) is 0 Å². The molecule has 0 aliphatic carbocycles. The first-order chi connectivity index (χ1) is 6.70. The lowest BCUT2D eigenvalue weighted by Crippen LogP contribution is -2.16. The van der Waals surface area contributed by atoms with E-state index in [4.69, 9.17) is 17.3 Å². The molecule has 4 heteroatoms. The summed E-state index contributed by atoms with van der Waals surface area (Å²) in [6.45, 7) is 0. The minimum atomic E-state index is -0.730. The Labute approximate surface area is 90.3 Å². The first kappa shape index (κ1) is 9.49. The molecule has 0 saturated heterocycles. The number of fused-ring (bicyclic) bond motifs is 1. The summed E-state index contributed by atoms with van der Waals surface area (Å²) < 4.78 is 1.12. The summed E-state index contributed by atoms with van der Waals surface area (Å²) in [6, 6.07) is 7.81. The maximum atomic E-state index is 10.9. The number of carbonyl (C=O) groups is 1. The van der Waals surface area contributed by atoms with Gasteiger partial charge in [0.05, 0.1) is 0 Å². The second-order valence-electron chi connectivity index (χ2n) is 2.95. The van der Waals surface area contributed by atoms with Crippen LogP contribution in [-0.2, 0) is 4.79 Å². The quantitative estimate of drug-likeness (QED) is 0.785. The molecular formula is C10H8ClNOS. The molecule has 0 radical (unpaired) electrons. The van der Waals surface area contributed by atoms with Crippen LogP contribution < -0.4 is 5.73 Å². The van der Waals surface area contributed by atoms with E-state index in [1.165, 1.54) is 0 Å². The van der Waals surface area contributed by atoms with Crippen molar-refractivity contribution >= 4 is 38.9 Å². The monoisotopic (exact) mass is 225 g/mol. The Morgan fingerprint density at radius 3 is 2.86 bits per heavy atom. The van der Waals surface area contributed by atoms with Crippen molar-refractivity contribution in [1.82, 2.24) is 0 Å². The number of carbonyl (C=O) groups excluding carboxylic acids is 1. The summed E-state index contributed by atoms with van der Waals surface area (Å²) in [4.78, 5) is 10.9. The molecule has 2 N–H and O–H groups in total. The van der Waals surface area contributed by atoms with Gasteiger partial charge in [0.15, 0.2) is 0 Å². The van der Waals surface area contributed by atoms with Gasteiger partial charge in [-0.2, -0.15) is 0 Å². The summed E-state index contributed by atoms with van der Waals surface area (Å²) in [6.07, 6.45) is 0. The van der Waals surface area contributed by atoms with E-state index in [1.807, 2.05) is 29.6 Å². The van der Waals surface area contributed by atoms with Crippen molar-refractivity contribution < 1.29 is 4.79 Å². The van der Waals surface area contributed by atoms with Gasteiger partial charge >= 0.3 is 0 Å². The van der Waals surface area contributed by atoms with Crippen LogP contribution >= 0.6 is 22.9 Å². The standard InChI is InChI=1S/C10H8ClNOS/c11-9(10(12)13)7-5-14-8-4-2-1-3-6(7)8/h1-5,9H,(H2,12,13). The molecule has 1 aromatic heterocycles. The van der Waals surface area contributed by atoms with Crippen molar-refractivity contribution in [2.24, 2.45) is 5.73 Å². The smallest absolute Gasteiger partial charge is 0.240 e. The second kappa shape index (κ2) is 3.59. The topological polar surface area (TPSA) is 43.1 Å². The summed E-state index contributed by atoms with van der Waals surface area (Å²) >= 11 is 7.46. The van der Waals surface area contributed by atoms with E-state index in [9.17, 15) is 4.79 Å². The molecular weight excluding hydrogens is 218 g/mol. The minimum Gasteiger partial charge on any atom is -0.368 e. The molecule has 14 heavy (non-hydrogen) atoms. The van der Waals surface area contributed by atoms with Crippen LogP contribution in [0.1, 0.15) is 10.9 Å². The van der Waals surface area contributed by atoms with Crippen LogP contribution in [0.5, 0.6) is 0 Å². The van der Waals surface area contributed by atoms with Crippen molar-refractivity contribution in [3.63, 3.8) is 0 Å². The number of rotatable bonds is 2. The summed E-state index contributed by atoms with van der Waals surface area (Å²) in [5, 5.41) is 2.16. The summed E-state index contributed by atoms with van der Waals surface area (Å²) in [5.41, 5.74) is 5.96. The highest BCUT2D eigenvalue weighted by Gasteiger charge is 2.17. The van der Waals surface area contributed by atoms with Gasteiger partial charge in [0.1, 0.15) is 5.38 Å². The lowest BCUT2D eigenvalue weighted by molar-refractivity contribution is -0.117. The molecule has 0 saturated carbocycles. The molecule has 1 unspecified atom stereocenters. The lowest BCUT2D eigenvalue weighted by atomic mass is 10.1. The Morgan fingerprint density at radius 2 is 2.14 bits per heavy atom. The third kappa shape index (κ3) is 1.49. The molecule has 0 aliphatic heterocycles. The zero-order chi connectivity index (χ0) is 10.1. The Hall–Kier alpha value is -1.06. The van der Waals surface area contributed by atoms with E-state index in [0.717, 1.165) is 15.6 Å². The third-order valence-corrected chi connectivity index (χ3v) is 3.47. The zero-order valence-electron chi connectivity index (χ0n) is 7.24. The van der Waals surface area contributed by atoms with Gasteiger partial charge < -0.3 is 5.73 Å². The Bertz CT molecular complexity index is 480. The average molecular weight is 226 g/mol. The minimum absolute atomic E-state index is 0.504. The molecule has 2 rings (SSSR count). The molecule has 2 aromatic rings. The molecule has 2 nitrogen and oxygen atoms in total. The van der Waals surface area contributed by atoms with Gasteiger partial charge in [-0.15, -0.1) is 22.9 Å². The molecule has 0 aliphatic rings. The maximum Gasteiger partial charge on any atom is 0.240 e. The molecule has 0 spiro atoms. The fourth-order valence-corrected chi connectivity index (χ4v) is 2.59. The van der Waals surface area contributed by atoms with Crippen LogP contribution in [0, 0.1) is 0 Å². The van der Waals surface area contributed by atoms with Gasteiger partial charge in [-0.05, 0) is 22.4 Å². The maximum absolute atomic E-state index is 10.9. The fourth-order valence-electron chi connectivity index (χ4n) is 1.35. The number of nitrogens with two attached hydrogens (primary N) is 1. The van der Waals surface area contributed by atoms with Gasteiger partial charge in [-0.3, -0.25) is 4.79 Å². The molecule has 0 fully saturated rings. The summed E-state index contributed by atoms with van der Waals surface area (Å²) in [5.74, 6) is -0.504. The van der Waals surface area contributed by atoms with Crippen LogP contribution in [0.25, 0.3) is 10.1 Å². The lowest BCUT2D eigenvalue weighted by Gasteiger charge is -2.02. The number of amides is 1. The highest BCUT2D eigenvalue weighted by Crippen LogP contribution is 2.32. The molecule has 1 heterocycles. The summed E-state index contributed by atoms with van der Waals surface area (Å²) in [7, 11) is 0. The molecule has 1 amide bonds. The van der Waals surface area contributed by atoms with Crippen molar-refractivity contribution in [3.8, 4) is 0 Å². The number of benzene rings is 1. The molecule has 72 valence electrons. The van der Waals surface area contributed by atoms with Crippen molar-refractivity contribution in [3.05, 3.63) is 35.2 Å². The van der Waals surface area contributed by atoms with Gasteiger partial charge in [-0.25, -0.2) is 0 Å². The van der Waals surface area contributed by atoms with E-state index < -0.39 is 11.3 Å². The zero-order valence-corrected chi connectivity index (χ0v) is 8.81. The predicted molar refractivity (Wildman–Crippen MR) is 59.6 cm³/mol. The van der Waals surface area contributed by atoms with E-state index in [-0.39, 0.29) is 0 Å². The third-order valence-electron chi connectivity index (χ3n) is 2.03. The van der Waals surface area contributed by atoms with E-state index in [2.05, 4.69) is 0 Å². The SMILES string of the molecule is NC(=O)C(Cl)c1csc2ccccc12. The number of hydrogen-bond acceptors (Lipinski definition) is 2. The fraction of sp³-hybridized carbons (Fsp3) is 0.100. The van der Waals surface area contributed by atoms with Crippen LogP contribution in [-0.4, -0.2) is 5.91 Å². The number of halogens is 1. The number of thiophene rings is 1. The van der Waals surface area contributed by atoms with Crippen molar-refractivity contribution in [1.29, 1.82) is 0 Å². The van der Waals surface area contributed by atoms with Gasteiger partial charge in [0.25, 0.3) is 0 Å². The van der Waals surface area contributed by atoms with Crippen molar-refractivity contribution in [2.75, 3.05) is 0 Å². The van der Waals surface area contributed by atoms with Crippen LogP contribution in [0.4, 0.5) is 0 Å². The van der Waals surface area contributed by atoms with Gasteiger partial charge in [0.2, 0.25) is 5.91 Å². The first-order valence-electron chi connectivity index (χ1n) is 4.09. The van der Waals surface area contributed by atoms with Crippen LogP contribution in [0.2, 0.25) is 0 Å². The van der Waals surface area contributed by atoms with Gasteiger partial charge in [0, 0.05) is 4.70 Å². The Balaban J connectivity index is 2.58. The van der Waals surface area contributed by atoms with Gasteiger partial charge in [-0.1, -0.05) is 18.2 Å². The van der Waals surface area contributed by atoms with E-state index in [1.54, 1.807) is 11.3 Å². The number of alkyl halides is 1. The van der Waals surface area contributed by atoms with Crippen LogP contribution in [0.15, 0.2) is 29.6 Å². The second-order valence-corrected chi connectivity index (χ2v) is 4.30. The number of hydrogen-bond donors (Lipinski definition) is 1. The largest absolute Gasteiger partial charge is 0.368 e. The number of primary amides is 1. The average Bonchev–Trinajstić information content (AvgIpc) is 2.60. The molecule has 1 atom stereocenters. The van der Waals surface area contributed by atoms with E-state index in [0.29, 0.717) is 0 Å². The Morgan fingerprint density at radius 1 is 1.43 bits per heavy atom. The Kier molecular flexibility index (Phi) is 2.44. The van der Waals surface area contributed by atoms with Crippen molar-refractivity contribution in [2.45, 2.75) is 5.38 Å². The predicted octanol–water partition coefficient (Wildman–Crippen LogP) is 2.67. The van der Waals surface area contributed by atoms with E-state index >= 15 is 0 Å². The highest BCUT2D eigenvalue weighted by molar-refractivity contribution is 7.17. The molecule has 1 aromatic carbocycles. The highest BCUT2D eigenvalue weighted by atomic mass is 35.5. The molecule has 0 bridgehead atoms. The normalized spacial score (nSPS) is 12.9.